The summed E-state index contributed by atoms with van der Waals surface area (Å²) >= 11 is 0. The van der Waals surface area contributed by atoms with Crippen LogP contribution in [0.1, 0.15) is 19.8 Å². The Labute approximate surface area is 77.2 Å². The standard InChI is InChI=1S/C6H10O2.Na.H/c1-3-4-5(2)6(7)8;;/h2-4H2,1H3,(H,7,8);;. The normalized spacial score (nSPS) is 7.67. The van der Waals surface area contributed by atoms with Crippen LogP contribution in [0, 0.1) is 0 Å². The van der Waals surface area contributed by atoms with Gasteiger partial charge in [0.1, 0.15) is 0 Å². The van der Waals surface area contributed by atoms with E-state index in [-0.39, 0.29) is 29.6 Å². The Morgan fingerprint density at radius 1 is 1.67 bits per heavy atom. The summed E-state index contributed by atoms with van der Waals surface area (Å²) in [5.41, 5.74) is 0.299. The van der Waals surface area contributed by atoms with Crippen LogP contribution in [0.4, 0.5) is 0 Å². The molecule has 0 aromatic rings. The van der Waals surface area contributed by atoms with Crippen LogP contribution in [0.25, 0.3) is 0 Å². The van der Waals surface area contributed by atoms with Crippen molar-refractivity contribution < 1.29 is 9.90 Å². The van der Waals surface area contributed by atoms with Crippen molar-refractivity contribution in [3.05, 3.63) is 12.2 Å². The van der Waals surface area contributed by atoms with Crippen LogP contribution in [0.3, 0.4) is 0 Å². The zero-order valence-electron chi connectivity index (χ0n) is 4.98. The van der Waals surface area contributed by atoms with Gasteiger partial charge in [0, 0.05) is 5.57 Å². The van der Waals surface area contributed by atoms with E-state index in [2.05, 4.69) is 6.58 Å². The number of carbonyl (C=O) groups is 1. The third-order valence-electron chi connectivity index (χ3n) is 0.854. The summed E-state index contributed by atoms with van der Waals surface area (Å²) in [5, 5.41) is 8.21. The molecule has 0 heterocycles. The molecule has 0 spiro atoms. The van der Waals surface area contributed by atoms with Crippen LogP contribution in [0.15, 0.2) is 12.2 Å². The molecule has 0 radical (unpaired) electrons. The van der Waals surface area contributed by atoms with E-state index in [0.717, 1.165) is 6.42 Å². The van der Waals surface area contributed by atoms with Gasteiger partial charge in [0.05, 0.1) is 0 Å². The van der Waals surface area contributed by atoms with Gasteiger partial charge in [-0.25, -0.2) is 4.79 Å². The molecule has 0 saturated carbocycles. The molecule has 0 aromatic heterocycles. The summed E-state index contributed by atoms with van der Waals surface area (Å²) in [4.78, 5) is 9.99. The first kappa shape index (κ1) is 11.9. The molecule has 1 N–H and O–H groups in total. The van der Waals surface area contributed by atoms with Crippen LogP contribution < -0.4 is 0 Å². The topological polar surface area (TPSA) is 37.3 Å². The molecule has 0 aliphatic rings. The molecule has 2 nitrogen and oxygen atoms in total. The van der Waals surface area contributed by atoms with E-state index in [4.69, 9.17) is 5.11 Å². The predicted octanol–water partition coefficient (Wildman–Crippen LogP) is 0.779. The van der Waals surface area contributed by atoms with Crippen LogP contribution in [-0.4, -0.2) is 40.6 Å². The molecule has 0 aliphatic carbocycles. The van der Waals surface area contributed by atoms with Crippen molar-refractivity contribution in [2.24, 2.45) is 0 Å². The van der Waals surface area contributed by atoms with E-state index >= 15 is 0 Å². The zero-order chi connectivity index (χ0) is 6.57. The number of hydrogen-bond donors (Lipinski definition) is 1. The molecule has 0 atom stereocenters. The molecule has 3 heteroatoms. The Kier molecular flexibility index (Phi) is 8.40. The van der Waals surface area contributed by atoms with Gasteiger partial charge >= 0.3 is 35.5 Å². The predicted molar refractivity (Wildman–Crippen MR) is 38.8 cm³/mol. The van der Waals surface area contributed by atoms with E-state index in [1.54, 1.807) is 0 Å². The molecular formula is C6H11NaO2. The van der Waals surface area contributed by atoms with Crippen molar-refractivity contribution in [1.82, 2.24) is 0 Å². The van der Waals surface area contributed by atoms with Crippen molar-refractivity contribution in [3.8, 4) is 0 Å². The first-order valence-electron chi connectivity index (χ1n) is 2.59. The molecular weight excluding hydrogens is 127 g/mol. The van der Waals surface area contributed by atoms with Crippen LogP contribution in [-0.2, 0) is 4.79 Å². The van der Waals surface area contributed by atoms with Gasteiger partial charge in [-0.05, 0) is 6.42 Å². The van der Waals surface area contributed by atoms with Crippen molar-refractivity contribution in [2.45, 2.75) is 19.8 Å². The average Bonchev–Trinajstić information content (AvgIpc) is 1.67. The Balaban J connectivity index is 0. The van der Waals surface area contributed by atoms with Gasteiger partial charge in [-0.1, -0.05) is 19.9 Å². The maximum absolute atomic E-state index is 9.99. The fraction of sp³-hybridized carbons (Fsp3) is 0.500. The fourth-order valence-corrected chi connectivity index (χ4v) is 0.409. The monoisotopic (exact) mass is 138 g/mol. The van der Waals surface area contributed by atoms with Crippen LogP contribution >= 0.6 is 0 Å². The van der Waals surface area contributed by atoms with Crippen molar-refractivity contribution in [3.63, 3.8) is 0 Å². The summed E-state index contributed by atoms with van der Waals surface area (Å²) < 4.78 is 0. The summed E-state index contributed by atoms with van der Waals surface area (Å²) in [7, 11) is 0. The number of carboxylic acids is 1. The SMILES string of the molecule is C=C(CCC)C(=O)O.[NaH]. The van der Waals surface area contributed by atoms with Gasteiger partial charge in [-0.3, -0.25) is 0 Å². The summed E-state index contributed by atoms with van der Waals surface area (Å²) in [5.74, 6) is -0.883. The van der Waals surface area contributed by atoms with Crippen LogP contribution in [0.5, 0.6) is 0 Å². The molecule has 0 aliphatic heterocycles. The van der Waals surface area contributed by atoms with Gasteiger partial charge in [0.2, 0.25) is 0 Å². The van der Waals surface area contributed by atoms with Gasteiger partial charge in [0.15, 0.2) is 0 Å². The molecule has 9 heavy (non-hydrogen) atoms. The Morgan fingerprint density at radius 2 is 2.11 bits per heavy atom. The van der Waals surface area contributed by atoms with Crippen molar-refractivity contribution in [1.29, 1.82) is 0 Å². The minimum atomic E-state index is -0.883. The summed E-state index contributed by atoms with van der Waals surface area (Å²) in [6.45, 7) is 5.27. The van der Waals surface area contributed by atoms with E-state index in [1.165, 1.54) is 0 Å². The fourth-order valence-electron chi connectivity index (χ4n) is 0.409. The van der Waals surface area contributed by atoms with Gasteiger partial charge in [-0.2, -0.15) is 0 Å². The molecule has 0 unspecified atom stereocenters. The molecule has 0 rings (SSSR count). The van der Waals surface area contributed by atoms with E-state index in [0.29, 0.717) is 12.0 Å². The van der Waals surface area contributed by atoms with Crippen molar-refractivity contribution >= 4 is 35.5 Å². The Bertz CT molecular complexity index is 110. The Hall–Kier alpha value is 0.210. The number of hydrogen-bond acceptors (Lipinski definition) is 1. The number of rotatable bonds is 3. The van der Waals surface area contributed by atoms with Gasteiger partial charge < -0.3 is 5.11 Å². The molecule has 0 bridgehead atoms. The van der Waals surface area contributed by atoms with Crippen molar-refractivity contribution in [2.75, 3.05) is 0 Å². The number of carboxylic acid groups (broad SMARTS) is 1. The number of aliphatic carboxylic acids is 1. The second kappa shape index (κ2) is 6.33. The molecule has 0 aromatic carbocycles. The second-order valence-electron chi connectivity index (χ2n) is 1.66. The van der Waals surface area contributed by atoms with Gasteiger partial charge in [0.25, 0.3) is 0 Å². The molecule has 0 saturated heterocycles. The first-order valence-corrected chi connectivity index (χ1v) is 2.59. The second-order valence-corrected chi connectivity index (χ2v) is 1.66. The van der Waals surface area contributed by atoms with Gasteiger partial charge in [-0.15, -0.1) is 0 Å². The van der Waals surface area contributed by atoms with Crippen LogP contribution in [0.2, 0.25) is 0 Å². The summed E-state index contributed by atoms with van der Waals surface area (Å²) in [6, 6.07) is 0. The maximum atomic E-state index is 9.99. The molecule has 0 amide bonds. The Morgan fingerprint density at radius 3 is 2.22 bits per heavy atom. The quantitative estimate of drug-likeness (QED) is 0.462. The molecule has 48 valence electrons. The average molecular weight is 138 g/mol. The minimum absolute atomic E-state index is 0. The molecule has 0 fully saturated rings. The van der Waals surface area contributed by atoms with E-state index in [1.807, 2.05) is 6.92 Å². The zero-order valence-corrected chi connectivity index (χ0v) is 4.98. The summed E-state index contributed by atoms with van der Waals surface area (Å²) in [6.07, 6.45) is 1.44. The first-order chi connectivity index (χ1) is 3.68. The third-order valence-corrected chi connectivity index (χ3v) is 0.854. The third kappa shape index (κ3) is 6.09. The van der Waals surface area contributed by atoms with E-state index < -0.39 is 5.97 Å². The van der Waals surface area contributed by atoms with E-state index in [9.17, 15) is 4.79 Å².